The molecule has 1 saturated heterocycles. The zero-order valence-corrected chi connectivity index (χ0v) is 11.5. The van der Waals surface area contributed by atoms with Gasteiger partial charge < -0.3 is 9.91 Å². The van der Waals surface area contributed by atoms with Crippen molar-refractivity contribution in [3.63, 3.8) is 0 Å². The molecule has 0 spiro atoms. The fraction of sp³-hybridized carbons (Fsp3) is 0.500. The summed E-state index contributed by atoms with van der Waals surface area (Å²) in [7, 11) is 0. The van der Waals surface area contributed by atoms with Crippen LogP contribution in [0, 0.1) is 5.92 Å². The zero-order chi connectivity index (χ0) is 12.8. The van der Waals surface area contributed by atoms with Crippen LogP contribution in [0.5, 0.6) is 0 Å². The van der Waals surface area contributed by atoms with Crippen LogP contribution < -0.4 is 5.43 Å². The van der Waals surface area contributed by atoms with Crippen molar-refractivity contribution in [2.75, 3.05) is 6.54 Å². The van der Waals surface area contributed by atoms with Crippen molar-refractivity contribution in [2.24, 2.45) is 5.92 Å². The molecule has 19 heavy (non-hydrogen) atoms. The van der Waals surface area contributed by atoms with Crippen LogP contribution in [-0.2, 0) is 4.79 Å². The van der Waals surface area contributed by atoms with Crippen LogP contribution in [0.25, 0.3) is 0 Å². The number of nitrogens with zero attached hydrogens (tertiary/aromatic N) is 2. The van der Waals surface area contributed by atoms with E-state index in [2.05, 4.69) is 22.9 Å². The molecule has 1 aliphatic carbocycles. The molecule has 5 heteroatoms. The van der Waals surface area contributed by atoms with E-state index in [-0.39, 0.29) is 18.0 Å². The minimum Gasteiger partial charge on any atom is -0.315 e. The maximum Gasteiger partial charge on any atom is 0.250 e. The molecule has 1 aromatic rings. The molecule has 1 aromatic heterocycles. The van der Waals surface area contributed by atoms with Crippen LogP contribution in [0.2, 0.25) is 0 Å². The number of carbonyl (C=O) groups excluding carboxylic acids is 1. The van der Waals surface area contributed by atoms with Crippen molar-refractivity contribution in [1.29, 1.82) is 0 Å². The van der Waals surface area contributed by atoms with Gasteiger partial charge in [-0.15, -0.1) is 11.3 Å². The summed E-state index contributed by atoms with van der Waals surface area (Å²) >= 11 is 1.75. The summed E-state index contributed by atoms with van der Waals surface area (Å²) in [5.74, 6) is 0.989. The molecule has 4 nitrogen and oxygen atoms in total. The van der Waals surface area contributed by atoms with Gasteiger partial charge in [0.1, 0.15) is 6.04 Å². The number of thiophene rings is 1. The number of nitrogens with one attached hydrogen (secondary N) is 1. The summed E-state index contributed by atoms with van der Waals surface area (Å²) in [6, 6.07) is 4.45. The molecule has 2 aliphatic heterocycles. The monoisotopic (exact) mass is 275 g/mol. The molecular weight excluding hydrogens is 258 g/mol. The number of carbonyl (C=O) groups is 1. The molecule has 4 rings (SSSR count). The van der Waals surface area contributed by atoms with Crippen LogP contribution in [0.15, 0.2) is 29.9 Å². The van der Waals surface area contributed by atoms with E-state index in [1.54, 1.807) is 11.3 Å². The van der Waals surface area contributed by atoms with Gasteiger partial charge in [0.2, 0.25) is 0 Å². The van der Waals surface area contributed by atoms with Crippen molar-refractivity contribution in [2.45, 2.75) is 31.3 Å². The van der Waals surface area contributed by atoms with Gasteiger partial charge in [0.05, 0.1) is 6.04 Å². The molecular formula is C14H17N3OS. The third-order valence-corrected chi connectivity index (χ3v) is 5.10. The zero-order valence-electron chi connectivity index (χ0n) is 10.7. The minimum atomic E-state index is -0.0316. The first-order valence-electron chi connectivity index (χ1n) is 6.88. The van der Waals surface area contributed by atoms with Crippen molar-refractivity contribution in [3.05, 3.63) is 34.8 Å². The molecule has 2 atom stereocenters. The highest BCUT2D eigenvalue weighted by Crippen LogP contribution is 2.35. The standard InChI is InChI=1S/C14H17N3OS/c18-14-12-8-11(13-2-1-7-19-13)15-17(12)6-5-16(14)9-10-3-4-10/h1-2,5-7,10-12,15H,3-4,8-9H2. The Balaban J connectivity index is 1.50. The smallest absolute Gasteiger partial charge is 0.250 e. The van der Waals surface area contributed by atoms with Crippen molar-refractivity contribution < 1.29 is 4.79 Å². The average Bonchev–Trinajstić information content (AvgIpc) is 2.94. The fourth-order valence-electron chi connectivity index (χ4n) is 2.84. The van der Waals surface area contributed by atoms with Gasteiger partial charge in [-0.25, -0.2) is 5.43 Å². The normalized spacial score (nSPS) is 30.0. The highest BCUT2D eigenvalue weighted by atomic mass is 32.1. The van der Waals surface area contributed by atoms with Gasteiger partial charge >= 0.3 is 0 Å². The Hall–Kier alpha value is -1.33. The lowest BCUT2D eigenvalue weighted by atomic mass is 10.1. The lowest BCUT2D eigenvalue weighted by Gasteiger charge is -2.31. The summed E-state index contributed by atoms with van der Waals surface area (Å²) in [4.78, 5) is 15.7. The molecule has 100 valence electrons. The van der Waals surface area contributed by atoms with E-state index in [9.17, 15) is 4.79 Å². The third kappa shape index (κ3) is 2.07. The number of hydrogen-bond acceptors (Lipinski definition) is 4. The van der Waals surface area contributed by atoms with E-state index in [0.29, 0.717) is 0 Å². The molecule has 2 fully saturated rings. The number of rotatable bonds is 3. The van der Waals surface area contributed by atoms with Crippen molar-refractivity contribution in [3.8, 4) is 0 Å². The Morgan fingerprint density at radius 3 is 3.00 bits per heavy atom. The topological polar surface area (TPSA) is 35.6 Å². The van der Waals surface area contributed by atoms with Gasteiger partial charge in [-0.3, -0.25) is 4.79 Å². The summed E-state index contributed by atoms with van der Waals surface area (Å²) < 4.78 is 0. The van der Waals surface area contributed by atoms with E-state index < -0.39 is 0 Å². The Kier molecular flexibility index (Phi) is 2.63. The second kappa shape index (κ2) is 4.35. The van der Waals surface area contributed by atoms with Gasteiger partial charge in [-0.1, -0.05) is 6.07 Å². The third-order valence-electron chi connectivity index (χ3n) is 4.11. The number of amides is 1. The number of hydrogen-bond donors (Lipinski definition) is 1. The van der Waals surface area contributed by atoms with Gasteiger partial charge in [-0.2, -0.15) is 0 Å². The second-order valence-corrected chi connectivity index (χ2v) is 6.57. The van der Waals surface area contributed by atoms with Crippen molar-refractivity contribution >= 4 is 17.2 Å². The highest BCUT2D eigenvalue weighted by Gasteiger charge is 2.41. The fourth-order valence-corrected chi connectivity index (χ4v) is 3.63. The first-order valence-corrected chi connectivity index (χ1v) is 7.76. The minimum absolute atomic E-state index is 0.0316. The van der Waals surface area contributed by atoms with E-state index in [1.807, 2.05) is 22.3 Å². The number of fused-ring (bicyclic) bond motifs is 1. The summed E-state index contributed by atoms with van der Waals surface area (Å²) in [5.41, 5.74) is 3.42. The molecule has 1 saturated carbocycles. The molecule has 1 amide bonds. The van der Waals surface area contributed by atoms with Crippen LogP contribution in [0.4, 0.5) is 0 Å². The average molecular weight is 275 g/mol. The quantitative estimate of drug-likeness (QED) is 0.917. The van der Waals surface area contributed by atoms with Gasteiger partial charge in [-0.05, 0) is 30.2 Å². The van der Waals surface area contributed by atoms with E-state index >= 15 is 0 Å². The van der Waals surface area contributed by atoms with E-state index in [4.69, 9.17) is 0 Å². The lowest BCUT2D eigenvalue weighted by Crippen LogP contribution is -2.48. The largest absolute Gasteiger partial charge is 0.315 e. The van der Waals surface area contributed by atoms with Gasteiger partial charge in [0, 0.05) is 30.2 Å². The summed E-state index contributed by atoms with van der Waals surface area (Å²) in [6.07, 6.45) is 7.37. The lowest BCUT2D eigenvalue weighted by molar-refractivity contribution is -0.134. The number of hydrazine groups is 1. The molecule has 3 aliphatic rings. The molecule has 0 aromatic carbocycles. The Bertz CT molecular complexity index is 509. The van der Waals surface area contributed by atoms with Crippen molar-refractivity contribution in [1.82, 2.24) is 15.3 Å². The van der Waals surface area contributed by atoms with E-state index in [1.165, 1.54) is 17.7 Å². The van der Waals surface area contributed by atoms with E-state index in [0.717, 1.165) is 18.9 Å². The Labute approximate surface area is 116 Å². The first-order chi connectivity index (χ1) is 9.31. The maximum absolute atomic E-state index is 12.5. The predicted octanol–water partition coefficient (Wildman–Crippen LogP) is 2.09. The van der Waals surface area contributed by atoms with Crippen LogP contribution in [0.3, 0.4) is 0 Å². The Morgan fingerprint density at radius 1 is 1.37 bits per heavy atom. The van der Waals surface area contributed by atoms with Crippen LogP contribution in [0.1, 0.15) is 30.2 Å². The predicted molar refractivity (Wildman–Crippen MR) is 74.0 cm³/mol. The maximum atomic E-state index is 12.5. The van der Waals surface area contributed by atoms with Gasteiger partial charge in [0.15, 0.2) is 0 Å². The van der Waals surface area contributed by atoms with Crippen LogP contribution >= 0.6 is 11.3 Å². The van der Waals surface area contributed by atoms with Crippen LogP contribution in [-0.4, -0.2) is 28.4 Å². The van der Waals surface area contributed by atoms with Gasteiger partial charge in [0.25, 0.3) is 5.91 Å². The molecule has 3 heterocycles. The summed E-state index contributed by atoms with van der Waals surface area (Å²) in [5, 5.41) is 4.07. The SMILES string of the molecule is O=C1C2CC(c3cccs3)NN2C=CN1CC1CC1. The summed E-state index contributed by atoms with van der Waals surface area (Å²) in [6.45, 7) is 0.906. The second-order valence-electron chi connectivity index (χ2n) is 5.59. The molecule has 1 N–H and O–H groups in total. The Morgan fingerprint density at radius 2 is 2.26 bits per heavy atom. The molecule has 2 unspecified atom stereocenters. The molecule has 0 bridgehead atoms. The molecule has 0 radical (unpaired) electrons. The first kappa shape index (κ1) is 11.5. The highest BCUT2D eigenvalue weighted by molar-refractivity contribution is 7.10.